The predicted molar refractivity (Wildman–Crippen MR) is 78.4 cm³/mol. The molecule has 0 spiro atoms. The number of hydrogen-bond acceptors (Lipinski definition) is 4. The van der Waals surface area contributed by atoms with E-state index in [0.29, 0.717) is 25.6 Å². The van der Waals surface area contributed by atoms with Gasteiger partial charge in [0.2, 0.25) is 0 Å². The molecule has 0 radical (unpaired) electrons. The van der Waals surface area contributed by atoms with Gasteiger partial charge in [-0.2, -0.15) is 0 Å². The van der Waals surface area contributed by atoms with Crippen molar-refractivity contribution in [2.75, 3.05) is 26.3 Å². The molecule has 4 nitrogen and oxygen atoms in total. The molecule has 110 valence electrons. The van der Waals surface area contributed by atoms with Gasteiger partial charge in [0.05, 0.1) is 13.2 Å². The fourth-order valence-corrected chi connectivity index (χ4v) is 2.43. The van der Waals surface area contributed by atoms with Gasteiger partial charge in [0.1, 0.15) is 5.75 Å². The topological polar surface area (TPSA) is 49.8 Å². The van der Waals surface area contributed by atoms with E-state index in [2.05, 4.69) is 18.7 Å². The number of carbonyl (C=O) groups is 1. The Bertz CT molecular complexity index is 471. The molecule has 1 heterocycles. The zero-order valence-electron chi connectivity index (χ0n) is 12.3. The minimum Gasteiger partial charge on any atom is -0.493 e. The fraction of sp³-hybridized carbons (Fsp3) is 0.562. The number of Topliss-reactive ketones (excluding diaryl/α,β-unsaturated/α-hetero) is 1. The number of hydrogen-bond donors (Lipinski definition) is 1. The van der Waals surface area contributed by atoms with Crippen LogP contribution in [0.4, 0.5) is 0 Å². The van der Waals surface area contributed by atoms with Crippen molar-refractivity contribution in [2.24, 2.45) is 0 Å². The van der Waals surface area contributed by atoms with E-state index >= 15 is 0 Å². The van der Waals surface area contributed by atoms with Gasteiger partial charge in [0.15, 0.2) is 5.78 Å². The van der Waals surface area contributed by atoms with Crippen LogP contribution in [0.3, 0.4) is 0 Å². The number of aliphatic hydroxyl groups is 1. The molecule has 1 aliphatic heterocycles. The van der Waals surface area contributed by atoms with Gasteiger partial charge in [-0.1, -0.05) is 0 Å². The van der Waals surface area contributed by atoms with Gasteiger partial charge in [-0.05, 0) is 44.0 Å². The highest BCUT2D eigenvalue weighted by molar-refractivity contribution is 5.98. The lowest BCUT2D eigenvalue weighted by Gasteiger charge is -2.25. The quantitative estimate of drug-likeness (QED) is 0.773. The molecule has 0 aliphatic carbocycles. The number of carbonyl (C=O) groups excluding carboxylic acids is 1. The predicted octanol–water partition coefficient (Wildman–Crippen LogP) is 1.90. The maximum Gasteiger partial charge on any atom is 0.176 e. The van der Waals surface area contributed by atoms with Crippen LogP contribution in [0.15, 0.2) is 18.2 Å². The van der Waals surface area contributed by atoms with E-state index < -0.39 is 0 Å². The Morgan fingerprint density at radius 2 is 2.25 bits per heavy atom. The van der Waals surface area contributed by atoms with E-state index in [9.17, 15) is 4.79 Å². The van der Waals surface area contributed by atoms with Crippen molar-refractivity contribution in [3.05, 3.63) is 29.3 Å². The molecule has 0 atom stereocenters. The first-order chi connectivity index (χ1) is 9.61. The second kappa shape index (κ2) is 6.86. The monoisotopic (exact) mass is 277 g/mol. The Morgan fingerprint density at radius 3 is 2.95 bits per heavy atom. The molecule has 0 unspecified atom stereocenters. The van der Waals surface area contributed by atoms with E-state index in [1.54, 1.807) is 0 Å². The van der Waals surface area contributed by atoms with Crippen LogP contribution in [0.2, 0.25) is 0 Å². The largest absolute Gasteiger partial charge is 0.493 e. The molecule has 4 heteroatoms. The minimum atomic E-state index is 0.131. The number of fused-ring (bicyclic) bond motifs is 1. The Labute approximate surface area is 120 Å². The third-order valence-corrected chi connectivity index (χ3v) is 3.69. The third-order valence-electron chi connectivity index (χ3n) is 3.69. The van der Waals surface area contributed by atoms with E-state index in [1.165, 1.54) is 0 Å². The van der Waals surface area contributed by atoms with Crippen LogP contribution in [-0.4, -0.2) is 48.1 Å². The first-order valence-corrected chi connectivity index (χ1v) is 7.25. The zero-order valence-corrected chi connectivity index (χ0v) is 12.3. The SMILES string of the molecule is CC(C)N(CCCO)CC(=O)c1ccc2c(c1)CCO2. The standard InChI is InChI=1S/C16H23NO3/c1-12(2)17(7-3-8-18)11-15(19)13-4-5-16-14(10-13)6-9-20-16/h4-5,10,12,18H,3,6-9,11H2,1-2H3. The summed E-state index contributed by atoms with van der Waals surface area (Å²) < 4.78 is 5.46. The van der Waals surface area contributed by atoms with Crippen molar-refractivity contribution in [3.8, 4) is 5.75 Å². The summed E-state index contributed by atoms with van der Waals surface area (Å²) in [6.45, 7) is 6.16. The lowest BCUT2D eigenvalue weighted by atomic mass is 10.0. The van der Waals surface area contributed by atoms with E-state index in [-0.39, 0.29) is 12.4 Å². The molecular weight excluding hydrogens is 254 g/mol. The highest BCUT2D eigenvalue weighted by atomic mass is 16.5. The number of ether oxygens (including phenoxy) is 1. The molecule has 0 aromatic heterocycles. The summed E-state index contributed by atoms with van der Waals surface area (Å²) in [5.41, 5.74) is 1.88. The number of benzene rings is 1. The van der Waals surface area contributed by atoms with Gasteiger partial charge in [0, 0.05) is 31.2 Å². The maximum atomic E-state index is 12.4. The Kier molecular flexibility index (Phi) is 5.15. The Balaban J connectivity index is 2.02. The summed E-state index contributed by atoms with van der Waals surface area (Å²) in [6.07, 6.45) is 1.58. The highest BCUT2D eigenvalue weighted by Gasteiger charge is 2.18. The van der Waals surface area contributed by atoms with Gasteiger partial charge < -0.3 is 9.84 Å². The third kappa shape index (κ3) is 3.58. The molecule has 0 fully saturated rings. The van der Waals surface area contributed by atoms with E-state index in [1.807, 2.05) is 18.2 Å². The van der Waals surface area contributed by atoms with Crippen molar-refractivity contribution in [3.63, 3.8) is 0 Å². The fourth-order valence-electron chi connectivity index (χ4n) is 2.43. The summed E-state index contributed by atoms with van der Waals surface area (Å²) >= 11 is 0. The Hall–Kier alpha value is -1.39. The van der Waals surface area contributed by atoms with Gasteiger partial charge in [0.25, 0.3) is 0 Å². The number of rotatable bonds is 7. The Morgan fingerprint density at radius 1 is 1.45 bits per heavy atom. The molecule has 1 aliphatic rings. The van der Waals surface area contributed by atoms with Crippen molar-refractivity contribution < 1.29 is 14.6 Å². The van der Waals surface area contributed by atoms with E-state index in [0.717, 1.165) is 29.8 Å². The van der Waals surface area contributed by atoms with Gasteiger partial charge in [-0.3, -0.25) is 9.69 Å². The summed E-state index contributed by atoms with van der Waals surface area (Å²) in [4.78, 5) is 14.5. The molecular formula is C16H23NO3. The van der Waals surface area contributed by atoms with Crippen LogP contribution in [0, 0.1) is 0 Å². The molecule has 1 aromatic carbocycles. The molecule has 1 aromatic rings. The normalized spacial score (nSPS) is 13.7. The average Bonchev–Trinajstić information content (AvgIpc) is 2.90. The van der Waals surface area contributed by atoms with Crippen LogP contribution in [0.25, 0.3) is 0 Å². The van der Waals surface area contributed by atoms with Crippen LogP contribution < -0.4 is 4.74 Å². The van der Waals surface area contributed by atoms with Crippen molar-refractivity contribution in [2.45, 2.75) is 32.7 Å². The van der Waals surface area contributed by atoms with Gasteiger partial charge in [-0.25, -0.2) is 0 Å². The summed E-state index contributed by atoms with van der Waals surface area (Å²) in [6, 6.07) is 5.98. The van der Waals surface area contributed by atoms with Crippen LogP contribution in [-0.2, 0) is 6.42 Å². The maximum absolute atomic E-state index is 12.4. The molecule has 1 N–H and O–H groups in total. The molecule has 0 bridgehead atoms. The minimum absolute atomic E-state index is 0.131. The summed E-state index contributed by atoms with van der Waals surface area (Å²) in [5, 5.41) is 8.93. The van der Waals surface area contributed by atoms with Crippen molar-refractivity contribution in [1.82, 2.24) is 4.90 Å². The first-order valence-electron chi connectivity index (χ1n) is 7.25. The zero-order chi connectivity index (χ0) is 14.5. The smallest absolute Gasteiger partial charge is 0.176 e. The molecule has 0 saturated heterocycles. The van der Waals surface area contributed by atoms with Crippen molar-refractivity contribution in [1.29, 1.82) is 0 Å². The lowest BCUT2D eigenvalue weighted by Crippen LogP contribution is -2.36. The summed E-state index contributed by atoms with van der Waals surface area (Å²) in [5.74, 6) is 1.04. The average molecular weight is 277 g/mol. The number of ketones is 1. The molecule has 0 saturated carbocycles. The van der Waals surface area contributed by atoms with Crippen LogP contribution in [0.5, 0.6) is 5.75 Å². The van der Waals surface area contributed by atoms with Crippen LogP contribution in [0.1, 0.15) is 36.2 Å². The van der Waals surface area contributed by atoms with E-state index in [4.69, 9.17) is 9.84 Å². The number of nitrogens with zero attached hydrogens (tertiary/aromatic N) is 1. The summed E-state index contributed by atoms with van der Waals surface area (Å²) in [7, 11) is 0. The molecule has 0 amide bonds. The van der Waals surface area contributed by atoms with Crippen molar-refractivity contribution >= 4 is 5.78 Å². The van der Waals surface area contributed by atoms with Gasteiger partial charge in [-0.15, -0.1) is 0 Å². The first kappa shape index (κ1) is 15.0. The molecule has 20 heavy (non-hydrogen) atoms. The lowest BCUT2D eigenvalue weighted by molar-refractivity contribution is 0.0896. The number of aliphatic hydroxyl groups excluding tert-OH is 1. The molecule has 2 rings (SSSR count). The second-order valence-electron chi connectivity index (χ2n) is 5.49. The second-order valence-corrected chi connectivity index (χ2v) is 5.49. The van der Waals surface area contributed by atoms with Crippen LogP contribution >= 0.6 is 0 Å². The van der Waals surface area contributed by atoms with Gasteiger partial charge >= 0.3 is 0 Å². The highest BCUT2D eigenvalue weighted by Crippen LogP contribution is 2.26.